The predicted molar refractivity (Wildman–Crippen MR) is 215 cm³/mol. The molecule has 3 aromatic carbocycles. The summed E-state index contributed by atoms with van der Waals surface area (Å²) < 4.78 is 6.40. The molecule has 286 valence electrons. The van der Waals surface area contributed by atoms with Gasteiger partial charge >= 0.3 is 6.03 Å². The molecule has 4 aromatic rings. The van der Waals surface area contributed by atoms with E-state index in [-0.39, 0.29) is 23.6 Å². The van der Waals surface area contributed by atoms with Gasteiger partial charge in [0.15, 0.2) is 5.78 Å². The minimum absolute atomic E-state index is 0.0510. The van der Waals surface area contributed by atoms with Crippen molar-refractivity contribution in [3.8, 4) is 5.75 Å². The molecule has 0 spiro atoms. The Labute approximate surface area is 328 Å². The third-order valence-corrected chi connectivity index (χ3v) is 11.0. The molecule has 1 unspecified atom stereocenters. The van der Waals surface area contributed by atoms with Crippen molar-refractivity contribution >= 4 is 74.1 Å². The molecule has 15 heteroatoms. The number of aromatic nitrogens is 2. The normalized spacial score (nSPS) is 17.7. The number of benzene rings is 3. The van der Waals surface area contributed by atoms with Crippen LogP contribution in [0.4, 0.5) is 39.3 Å². The number of methoxy groups -OCH3 is 1. The number of carbonyl (C=O) groups is 4. The van der Waals surface area contributed by atoms with Gasteiger partial charge in [-0.2, -0.15) is 4.98 Å². The van der Waals surface area contributed by atoms with E-state index in [1.54, 1.807) is 19.4 Å². The van der Waals surface area contributed by atoms with Crippen molar-refractivity contribution in [2.24, 2.45) is 0 Å². The lowest BCUT2D eigenvalue weighted by Crippen LogP contribution is -2.54. The summed E-state index contributed by atoms with van der Waals surface area (Å²) in [6.45, 7) is 5.58. The number of piperidine rings is 2. The van der Waals surface area contributed by atoms with Gasteiger partial charge in [-0.15, -0.1) is 0 Å². The van der Waals surface area contributed by atoms with Crippen LogP contribution in [0.3, 0.4) is 0 Å². The van der Waals surface area contributed by atoms with Crippen LogP contribution in [0.1, 0.15) is 54.4 Å². The Balaban J connectivity index is 0.899. The zero-order valence-electron chi connectivity index (χ0n) is 30.8. The Morgan fingerprint density at radius 1 is 0.873 bits per heavy atom. The van der Waals surface area contributed by atoms with Gasteiger partial charge in [0.1, 0.15) is 17.6 Å². The standard InChI is InChI=1S/C40H44BrN9O5/c1-25(51)30-5-3-4-6-32(30)44-37-31(41)24-42-39(47-37)45-33-12-11-29(23-35(33)55-2)48-19-21-50(22-20-48)40(54)49-17-15-27(16-18-49)26-7-9-28(10-8-26)43-34-13-14-36(52)46-38(34)53/h3-12,23-24,27,34,43H,13-22H2,1-2H3,(H,46,52,53)(H2,42,44,45,47). The molecule has 3 aliphatic rings. The van der Waals surface area contributed by atoms with E-state index in [9.17, 15) is 19.2 Å². The number of Topliss-reactive ketones (excluding diaryl/α,β-unsaturated/α-hetero) is 1. The van der Waals surface area contributed by atoms with Gasteiger partial charge in [-0.05, 0) is 90.0 Å². The number of anilines is 6. The number of ether oxygens (including phenoxy) is 1. The van der Waals surface area contributed by atoms with Crippen molar-refractivity contribution in [2.75, 3.05) is 67.2 Å². The zero-order chi connectivity index (χ0) is 38.5. The topological polar surface area (TPSA) is 161 Å². The van der Waals surface area contributed by atoms with Crippen molar-refractivity contribution in [2.45, 2.75) is 44.6 Å². The van der Waals surface area contributed by atoms with E-state index in [1.807, 2.05) is 58.3 Å². The molecule has 55 heavy (non-hydrogen) atoms. The van der Waals surface area contributed by atoms with Gasteiger partial charge in [-0.25, -0.2) is 9.78 Å². The number of amides is 4. The number of imide groups is 1. The maximum absolute atomic E-state index is 13.5. The Hall–Kier alpha value is -5.70. The van der Waals surface area contributed by atoms with Crippen LogP contribution in [0.25, 0.3) is 0 Å². The molecular weight excluding hydrogens is 766 g/mol. The first-order chi connectivity index (χ1) is 26.6. The molecular formula is C40H44BrN9O5. The monoisotopic (exact) mass is 809 g/mol. The van der Waals surface area contributed by atoms with E-state index in [4.69, 9.17) is 4.74 Å². The van der Waals surface area contributed by atoms with Crippen molar-refractivity contribution in [1.82, 2.24) is 25.1 Å². The highest BCUT2D eigenvalue weighted by Gasteiger charge is 2.30. The van der Waals surface area contributed by atoms with Crippen LogP contribution < -0.4 is 30.9 Å². The van der Waals surface area contributed by atoms with E-state index in [0.29, 0.717) is 97.0 Å². The molecule has 4 heterocycles. The Bertz CT molecular complexity index is 2060. The lowest BCUT2D eigenvalue weighted by atomic mass is 9.89. The second-order valence-electron chi connectivity index (χ2n) is 13.9. The lowest BCUT2D eigenvalue weighted by molar-refractivity contribution is -0.133. The molecule has 7 rings (SSSR count). The predicted octanol–water partition coefficient (Wildman–Crippen LogP) is 6.28. The summed E-state index contributed by atoms with van der Waals surface area (Å²) in [7, 11) is 1.62. The first-order valence-electron chi connectivity index (χ1n) is 18.5. The van der Waals surface area contributed by atoms with Gasteiger partial charge in [0.25, 0.3) is 0 Å². The Morgan fingerprint density at radius 3 is 2.31 bits per heavy atom. The number of hydrogen-bond acceptors (Lipinski definition) is 11. The minimum atomic E-state index is -0.409. The molecule has 0 aliphatic carbocycles. The van der Waals surface area contributed by atoms with Crippen LogP contribution >= 0.6 is 15.9 Å². The number of nitrogens with zero attached hydrogens (tertiary/aromatic N) is 5. The van der Waals surface area contributed by atoms with Gasteiger partial charge in [0.05, 0.1) is 23.0 Å². The summed E-state index contributed by atoms with van der Waals surface area (Å²) >= 11 is 3.51. The van der Waals surface area contributed by atoms with E-state index < -0.39 is 6.04 Å². The number of likely N-dealkylation sites (tertiary alicyclic amines) is 1. The van der Waals surface area contributed by atoms with Crippen LogP contribution in [0.5, 0.6) is 5.75 Å². The number of piperazine rings is 1. The van der Waals surface area contributed by atoms with Crippen molar-refractivity contribution < 1.29 is 23.9 Å². The fraction of sp³-hybridized carbons (Fsp3) is 0.350. The average molecular weight is 811 g/mol. The molecule has 4 N–H and O–H groups in total. The largest absolute Gasteiger partial charge is 0.494 e. The van der Waals surface area contributed by atoms with Crippen LogP contribution in [0.2, 0.25) is 0 Å². The Morgan fingerprint density at radius 2 is 1.60 bits per heavy atom. The third-order valence-electron chi connectivity index (χ3n) is 10.4. The third kappa shape index (κ3) is 8.83. The number of hydrogen-bond donors (Lipinski definition) is 4. The number of halogens is 1. The number of nitrogens with one attached hydrogen (secondary N) is 4. The highest BCUT2D eigenvalue weighted by Crippen LogP contribution is 2.34. The van der Waals surface area contributed by atoms with Crippen LogP contribution in [-0.4, -0.2) is 95.8 Å². The van der Waals surface area contributed by atoms with Gasteiger partial charge in [0.2, 0.25) is 17.8 Å². The second kappa shape index (κ2) is 16.8. The van der Waals surface area contributed by atoms with Gasteiger partial charge < -0.3 is 35.4 Å². The van der Waals surface area contributed by atoms with Crippen molar-refractivity contribution in [1.29, 1.82) is 0 Å². The van der Waals surface area contributed by atoms with Crippen LogP contribution in [0, 0.1) is 0 Å². The first kappa shape index (κ1) is 37.6. The van der Waals surface area contributed by atoms with Crippen molar-refractivity contribution in [3.63, 3.8) is 0 Å². The SMILES string of the molecule is COc1cc(N2CCN(C(=O)N3CCC(c4ccc(NC5CCC(=O)NC5=O)cc4)CC3)CC2)ccc1Nc1ncc(Br)c(Nc2ccccc2C(C)=O)n1. The molecule has 0 bridgehead atoms. The zero-order valence-corrected chi connectivity index (χ0v) is 32.4. The quantitative estimate of drug-likeness (QED) is 0.106. The summed E-state index contributed by atoms with van der Waals surface area (Å²) in [4.78, 5) is 64.5. The average Bonchev–Trinajstić information content (AvgIpc) is 3.20. The Kier molecular flexibility index (Phi) is 11.5. The highest BCUT2D eigenvalue weighted by molar-refractivity contribution is 9.10. The van der Waals surface area contributed by atoms with Gasteiger partial charge in [0, 0.05) is 74.9 Å². The summed E-state index contributed by atoms with van der Waals surface area (Å²) in [6, 6.07) is 21.0. The summed E-state index contributed by atoms with van der Waals surface area (Å²) in [6.07, 6.45) is 4.25. The summed E-state index contributed by atoms with van der Waals surface area (Å²) in [5.41, 5.74) is 4.98. The van der Waals surface area contributed by atoms with Crippen molar-refractivity contribution in [3.05, 3.63) is 88.5 Å². The lowest BCUT2D eigenvalue weighted by Gasteiger charge is -2.40. The van der Waals surface area contributed by atoms with Crippen LogP contribution in [0.15, 0.2) is 77.4 Å². The molecule has 3 saturated heterocycles. The molecule has 1 aromatic heterocycles. The summed E-state index contributed by atoms with van der Waals surface area (Å²) in [5, 5.41) is 12.1. The fourth-order valence-electron chi connectivity index (χ4n) is 7.29. The van der Waals surface area contributed by atoms with E-state index in [1.165, 1.54) is 12.5 Å². The molecule has 3 aliphatic heterocycles. The maximum atomic E-state index is 13.5. The molecule has 4 amide bonds. The minimum Gasteiger partial charge on any atom is -0.494 e. The van der Waals surface area contributed by atoms with Crippen LogP contribution in [-0.2, 0) is 9.59 Å². The molecule has 0 saturated carbocycles. The first-order valence-corrected chi connectivity index (χ1v) is 19.3. The smallest absolute Gasteiger partial charge is 0.320 e. The fourth-order valence-corrected chi connectivity index (χ4v) is 7.58. The molecule has 1 atom stereocenters. The second-order valence-corrected chi connectivity index (χ2v) is 14.8. The molecule has 14 nitrogen and oxygen atoms in total. The maximum Gasteiger partial charge on any atom is 0.320 e. The number of para-hydroxylation sites is 1. The van der Waals surface area contributed by atoms with E-state index in [2.05, 4.69) is 64.2 Å². The van der Waals surface area contributed by atoms with E-state index in [0.717, 1.165) is 24.2 Å². The number of carbonyl (C=O) groups excluding carboxylic acids is 4. The van der Waals surface area contributed by atoms with Gasteiger partial charge in [-0.1, -0.05) is 24.3 Å². The highest BCUT2D eigenvalue weighted by atomic mass is 79.9. The number of rotatable bonds is 10. The van der Waals surface area contributed by atoms with E-state index >= 15 is 0 Å². The molecule has 3 fully saturated rings. The molecule has 0 radical (unpaired) electrons. The number of ketones is 1. The number of urea groups is 1. The van der Waals surface area contributed by atoms with Gasteiger partial charge in [-0.3, -0.25) is 19.7 Å². The summed E-state index contributed by atoms with van der Waals surface area (Å²) in [5.74, 6) is 1.29.